The van der Waals surface area contributed by atoms with E-state index in [1.165, 1.54) is 18.2 Å². The Morgan fingerprint density at radius 3 is 2.70 bits per heavy atom. The zero-order valence-electron chi connectivity index (χ0n) is 14.5. The molecule has 0 radical (unpaired) electrons. The summed E-state index contributed by atoms with van der Waals surface area (Å²) in [7, 11) is 0. The molecule has 27 heavy (non-hydrogen) atoms. The lowest BCUT2D eigenvalue weighted by molar-refractivity contribution is -0.110. The molecule has 0 amide bonds. The molecule has 0 fully saturated rings. The van der Waals surface area contributed by atoms with Crippen molar-refractivity contribution in [1.29, 1.82) is 0 Å². The highest BCUT2D eigenvalue weighted by Crippen LogP contribution is 2.20. The van der Waals surface area contributed by atoms with Crippen LogP contribution in [0.3, 0.4) is 0 Å². The Bertz CT molecular complexity index is 1060. The van der Waals surface area contributed by atoms with E-state index in [4.69, 9.17) is 5.11 Å². The lowest BCUT2D eigenvalue weighted by Crippen LogP contribution is -1.89. The summed E-state index contributed by atoms with van der Waals surface area (Å²) in [4.78, 5) is 15.1. The molecule has 1 heterocycles. The van der Waals surface area contributed by atoms with E-state index in [9.17, 15) is 15.0 Å². The largest absolute Gasteiger partial charge is 0.508 e. The third kappa shape index (κ3) is 4.54. The van der Waals surface area contributed by atoms with E-state index in [1.807, 2.05) is 30.5 Å². The minimum atomic E-state index is -0.380. The minimum Gasteiger partial charge on any atom is -0.508 e. The van der Waals surface area contributed by atoms with E-state index in [2.05, 4.69) is 4.98 Å². The van der Waals surface area contributed by atoms with Gasteiger partial charge in [0.25, 0.3) is 0 Å². The van der Waals surface area contributed by atoms with Crippen molar-refractivity contribution < 1.29 is 20.1 Å². The molecule has 0 saturated heterocycles. The van der Waals surface area contributed by atoms with Crippen molar-refractivity contribution in [3.8, 4) is 5.75 Å². The van der Waals surface area contributed by atoms with Gasteiger partial charge in [0.2, 0.25) is 0 Å². The van der Waals surface area contributed by atoms with Crippen molar-refractivity contribution in [2.75, 3.05) is 0 Å². The van der Waals surface area contributed by atoms with Crippen molar-refractivity contribution >= 4 is 28.8 Å². The number of H-pyrrole nitrogens is 1. The predicted molar refractivity (Wildman–Crippen MR) is 106 cm³/mol. The van der Waals surface area contributed by atoms with E-state index in [0.717, 1.165) is 22.5 Å². The number of aliphatic hydroxyl groups is 2. The van der Waals surface area contributed by atoms with Gasteiger partial charge in [-0.05, 0) is 47.6 Å². The second-order valence-corrected chi connectivity index (χ2v) is 5.97. The molecule has 0 saturated carbocycles. The lowest BCUT2D eigenvalue weighted by Gasteiger charge is -2.01. The highest BCUT2D eigenvalue weighted by Gasteiger charge is 2.01. The highest BCUT2D eigenvalue weighted by atomic mass is 16.3. The number of ketones is 1. The second-order valence-electron chi connectivity index (χ2n) is 5.97. The molecule has 3 aromatic rings. The number of allylic oxidation sites excluding steroid dienone is 3. The summed E-state index contributed by atoms with van der Waals surface area (Å²) in [6.45, 7) is -0.291. The number of rotatable bonds is 6. The van der Waals surface area contributed by atoms with E-state index in [0.29, 0.717) is 11.1 Å². The van der Waals surface area contributed by atoms with Crippen LogP contribution in [0.5, 0.6) is 5.75 Å². The molecule has 0 aliphatic rings. The van der Waals surface area contributed by atoms with Crippen LogP contribution in [0.2, 0.25) is 0 Å². The highest BCUT2D eigenvalue weighted by molar-refractivity contribution is 6.02. The third-order valence-electron chi connectivity index (χ3n) is 4.06. The van der Waals surface area contributed by atoms with E-state index >= 15 is 0 Å². The van der Waals surface area contributed by atoms with Gasteiger partial charge in [0.1, 0.15) is 11.5 Å². The fraction of sp³-hybridized carbons (Fsp3) is 0.0455. The first-order chi connectivity index (χ1) is 13.1. The van der Waals surface area contributed by atoms with Crippen LogP contribution in [-0.2, 0) is 11.4 Å². The van der Waals surface area contributed by atoms with Crippen LogP contribution in [0, 0.1) is 0 Å². The summed E-state index contributed by atoms with van der Waals surface area (Å²) in [5, 5.41) is 29.6. The van der Waals surface area contributed by atoms with Gasteiger partial charge in [-0.3, -0.25) is 4.79 Å². The first kappa shape index (κ1) is 18.2. The number of carbonyl (C=O) groups is 1. The quantitative estimate of drug-likeness (QED) is 0.302. The van der Waals surface area contributed by atoms with Crippen LogP contribution in [0.1, 0.15) is 16.7 Å². The van der Waals surface area contributed by atoms with Gasteiger partial charge < -0.3 is 20.3 Å². The molecule has 1 aromatic heterocycles. The summed E-state index contributed by atoms with van der Waals surface area (Å²) in [6, 6.07) is 12.5. The topological polar surface area (TPSA) is 93.5 Å². The van der Waals surface area contributed by atoms with Crippen molar-refractivity contribution in [2.24, 2.45) is 0 Å². The Morgan fingerprint density at radius 2 is 1.89 bits per heavy atom. The number of fused-ring (bicyclic) bond motifs is 1. The summed E-state index contributed by atoms with van der Waals surface area (Å²) >= 11 is 0. The second kappa shape index (κ2) is 8.21. The van der Waals surface area contributed by atoms with Crippen molar-refractivity contribution in [3.63, 3.8) is 0 Å². The number of hydrogen-bond donors (Lipinski definition) is 4. The van der Waals surface area contributed by atoms with Gasteiger partial charge in [-0.15, -0.1) is 0 Å². The molecule has 0 atom stereocenters. The Labute approximate surface area is 156 Å². The van der Waals surface area contributed by atoms with E-state index in [-0.39, 0.29) is 23.9 Å². The number of phenols is 1. The van der Waals surface area contributed by atoms with Crippen molar-refractivity contribution in [2.45, 2.75) is 6.61 Å². The number of aromatic amines is 1. The zero-order chi connectivity index (χ0) is 19.2. The monoisotopic (exact) mass is 361 g/mol. The molecule has 5 heteroatoms. The molecule has 2 aromatic carbocycles. The molecule has 3 rings (SSSR count). The summed E-state index contributed by atoms with van der Waals surface area (Å²) < 4.78 is 0. The summed E-state index contributed by atoms with van der Waals surface area (Å²) in [5.74, 6) is -0.535. The maximum Gasteiger partial charge on any atom is 0.182 e. The Kier molecular flexibility index (Phi) is 5.54. The zero-order valence-corrected chi connectivity index (χ0v) is 14.5. The van der Waals surface area contributed by atoms with E-state index in [1.54, 1.807) is 24.3 Å². The predicted octanol–water partition coefficient (Wildman–Crippen LogP) is 4.10. The third-order valence-corrected chi connectivity index (χ3v) is 4.06. The first-order valence-corrected chi connectivity index (χ1v) is 8.36. The van der Waals surface area contributed by atoms with E-state index < -0.39 is 0 Å². The maximum atomic E-state index is 12.0. The average molecular weight is 361 g/mol. The molecule has 0 aliphatic heterocycles. The van der Waals surface area contributed by atoms with Gasteiger partial charge in [-0.1, -0.05) is 30.3 Å². The molecule has 0 aliphatic carbocycles. The molecule has 0 spiro atoms. The average Bonchev–Trinajstić information content (AvgIpc) is 3.09. The molecular weight excluding hydrogens is 342 g/mol. The Hall–Kier alpha value is -3.57. The Morgan fingerprint density at radius 1 is 1.07 bits per heavy atom. The summed E-state index contributed by atoms with van der Waals surface area (Å²) in [5.41, 5.74) is 2.95. The maximum absolute atomic E-state index is 12.0. The van der Waals surface area contributed by atoms with Crippen LogP contribution in [0.15, 0.2) is 72.6 Å². The van der Waals surface area contributed by atoms with Gasteiger partial charge in [0.05, 0.1) is 6.61 Å². The molecule has 0 bridgehead atoms. The van der Waals surface area contributed by atoms with Crippen molar-refractivity contribution in [3.05, 3.63) is 89.3 Å². The van der Waals surface area contributed by atoms with Crippen LogP contribution < -0.4 is 0 Å². The number of aromatic nitrogens is 1. The van der Waals surface area contributed by atoms with Crippen LogP contribution >= 0.6 is 0 Å². The number of benzene rings is 2. The number of aliphatic hydroxyl groups excluding tert-OH is 2. The van der Waals surface area contributed by atoms with Crippen LogP contribution in [0.25, 0.3) is 23.1 Å². The van der Waals surface area contributed by atoms with Crippen LogP contribution in [-0.4, -0.2) is 26.1 Å². The number of nitrogens with one attached hydrogen (secondary N) is 1. The van der Waals surface area contributed by atoms with Crippen molar-refractivity contribution in [1.82, 2.24) is 4.98 Å². The van der Waals surface area contributed by atoms with Gasteiger partial charge >= 0.3 is 0 Å². The fourth-order valence-corrected chi connectivity index (χ4v) is 2.66. The number of para-hydroxylation sites is 1. The number of hydrogen-bond acceptors (Lipinski definition) is 4. The number of carbonyl (C=O) groups excluding carboxylic acids is 1. The molecule has 0 unspecified atom stereocenters. The van der Waals surface area contributed by atoms with Gasteiger partial charge in [-0.25, -0.2) is 0 Å². The van der Waals surface area contributed by atoms with Gasteiger partial charge in [0, 0.05) is 28.7 Å². The standard InChI is InChI=1S/C22H19NO4/c24-14-17-11-15(6-10-22(17)27)5-8-18(25)12-19(26)9-7-16-13-23-21-4-2-1-3-20(16)21/h1-13,23-24,26-27H,14H2/b8-5+,9-7+,19-12-. The summed E-state index contributed by atoms with van der Waals surface area (Å²) in [6.07, 6.45) is 9.01. The molecule has 136 valence electrons. The molecule has 4 N–H and O–H groups in total. The number of aromatic hydroxyl groups is 1. The smallest absolute Gasteiger partial charge is 0.182 e. The first-order valence-electron chi connectivity index (χ1n) is 8.36. The van der Waals surface area contributed by atoms with Gasteiger partial charge in [-0.2, -0.15) is 0 Å². The minimum absolute atomic E-state index is 0.000866. The van der Waals surface area contributed by atoms with Gasteiger partial charge in [0.15, 0.2) is 5.78 Å². The Balaban J connectivity index is 1.69. The molecule has 5 nitrogen and oxygen atoms in total. The molecular formula is C22H19NO4. The normalized spacial score (nSPS) is 12.4. The SMILES string of the molecule is O=C(/C=C(O)/C=C/c1c[nH]c2ccccc12)/C=C/c1ccc(O)c(CO)c1. The van der Waals surface area contributed by atoms with Crippen LogP contribution in [0.4, 0.5) is 0 Å². The fourth-order valence-electron chi connectivity index (χ4n) is 2.66. The lowest BCUT2D eigenvalue weighted by atomic mass is 10.1.